The number of thiophene rings is 1. The predicted molar refractivity (Wildman–Crippen MR) is 205 cm³/mol. The van der Waals surface area contributed by atoms with Gasteiger partial charge >= 0.3 is 5.97 Å². The van der Waals surface area contributed by atoms with Crippen LogP contribution in [0.2, 0.25) is 0 Å². The molecule has 0 radical (unpaired) electrons. The highest BCUT2D eigenvalue weighted by molar-refractivity contribution is 7.08. The number of nitrogens with zero attached hydrogens (tertiary/aromatic N) is 1. The van der Waals surface area contributed by atoms with Crippen molar-refractivity contribution in [3.63, 3.8) is 0 Å². The minimum atomic E-state index is -1.33. The monoisotopic (exact) mass is 758 g/mol. The maximum atomic E-state index is 13.1. The number of benzene rings is 4. The average Bonchev–Trinajstić information content (AvgIpc) is 3.71. The van der Waals surface area contributed by atoms with Crippen LogP contribution in [0.25, 0.3) is 0 Å². The molecule has 0 bridgehead atoms. The van der Waals surface area contributed by atoms with Crippen molar-refractivity contribution >= 4 is 63.7 Å². The molecule has 3 amide bonds. The van der Waals surface area contributed by atoms with Crippen LogP contribution in [0.5, 0.6) is 11.5 Å². The van der Waals surface area contributed by atoms with Crippen LogP contribution in [0.4, 0.5) is 17.1 Å². The summed E-state index contributed by atoms with van der Waals surface area (Å²) >= 11 is 1.43. The number of phenols is 2. The van der Waals surface area contributed by atoms with E-state index >= 15 is 0 Å². The van der Waals surface area contributed by atoms with Crippen molar-refractivity contribution < 1.29 is 44.1 Å². The first-order chi connectivity index (χ1) is 26.3. The van der Waals surface area contributed by atoms with Gasteiger partial charge in [0, 0.05) is 69.5 Å². The van der Waals surface area contributed by atoms with E-state index < -0.39 is 41.1 Å². The zero-order chi connectivity index (χ0) is 39.8. The molecule has 5 aromatic rings. The molecule has 6 N–H and O–H groups in total. The largest absolute Gasteiger partial charge is 0.507 e. The van der Waals surface area contributed by atoms with Gasteiger partial charge in [0.25, 0.3) is 11.8 Å². The van der Waals surface area contributed by atoms with Gasteiger partial charge in [-0.3, -0.25) is 24.0 Å². The topological polar surface area (TPSA) is 223 Å². The minimum absolute atomic E-state index is 0.0333. The van der Waals surface area contributed by atoms with Crippen LogP contribution in [0.3, 0.4) is 0 Å². The summed E-state index contributed by atoms with van der Waals surface area (Å²) in [6, 6.07) is 21.3. The highest BCUT2D eigenvalue weighted by Gasteiger charge is 2.24. The normalized spacial score (nSPS) is 11.1. The molecular weight excluding hydrogens is 725 g/mol. The quantitative estimate of drug-likeness (QED) is 0.0628. The summed E-state index contributed by atoms with van der Waals surface area (Å²) in [6.45, 7) is 2.92. The summed E-state index contributed by atoms with van der Waals surface area (Å²) in [7, 11) is 0. The van der Waals surface area contributed by atoms with E-state index in [2.05, 4.69) is 16.0 Å². The van der Waals surface area contributed by atoms with Gasteiger partial charge in [0.2, 0.25) is 5.91 Å². The number of anilines is 3. The summed E-state index contributed by atoms with van der Waals surface area (Å²) < 4.78 is 0. The number of amides is 3. The fourth-order valence-corrected chi connectivity index (χ4v) is 6.25. The average molecular weight is 759 g/mol. The van der Waals surface area contributed by atoms with E-state index in [0.717, 1.165) is 11.6 Å². The first-order valence-electron chi connectivity index (χ1n) is 16.7. The molecule has 0 aliphatic rings. The van der Waals surface area contributed by atoms with Crippen molar-refractivity contribution in [1.29, 1.82) is 5.26 Å². The second-order valence-corrected chi connectivity index (χ2v) is 13.3. The molecule has 0 aliphatic heterocycles. The fourth-order valence-electron chi connectivity index (χ4n) is 5.59. The fraction of sp³-hybridized carbons (Fsp3) is 0.146. The number of rotatable bonds is 14. The molecule has 0 fully saturated rings. The molecule has 4 aromatic carbocycles. The van der Waals surface area contributed by atoms with E-state index in [4.69, 9.17) is 0 Å². The number of carbonyl (C=O) groups excluding carboxylic acids is 5. The predicted octanol–water partition coefficient (Wildman–Crippen LogP) is 7.15. The van der Waals surface area contributed by atoms with Crippen LogP contribution >= 0.6 is 11.3 Å². The smallest absolute Gasteiger partial charge is 0.339 e. The maximum absolute atomic E-state index is 13.1. The highest BCUT2D eigenvalue weighted by atomic mass is 32.1. The SMILES string of the molecule is Cc1c(NC(=O)c2ccc(NC(=O)c3ccc(NC(=O)C(CC#N)CC(=O)c4ccc(CC(=O)c5ccsc5)cc4)cc3)c(C)c2O)ccc(C(=O)O)c1O. The Labute approximate surface area is 318 Å². The Kier molecular flexibility index (Phi) is 12.2. The van der Waals surface area contributed by atoms with E-state index in [1.54, 1.807) is 35.7 Å². The first kappa shape index (κ1) is 39.1. The van der Waals surface area contributed by atoms with Gasteiger partial charge in [0.15, 0.2) is 11.6 Å². The molecule has 0 saturated heterocycles. The van der Waals surface area contributed by atoms with Crippen LogP contribution in [-0.2, 0) is 11.2 Å². The highest BCUT2D eigenvalue weighted by Crippen LogP contribution is 2.32. The number of carboxylic acids is 1. The Balaban J connectivity index is 1.17. The number of nitrogens with one attached hydrogen (secondary N) is 3. The molecule has 0 spiro atoms. The van der Waals surface area contributed by atoms with Crippen molar-refractivity contribution in [2.75, 3.05) is 16.0 Å². The van der Waals surface area contributed by atoms with E-state index in [9.17, 15) is 49.3 Å². The van der Waals surface area contributed by atoms with Gasteiger partial charge in [0.1, 0.15) is 17.1 Å². The molecule has 1 atom stereocenters. The standard InChI is InChI=1S/C41H34N4O9S/c1-22-32(13-11-30(36(22)48)40(52)45-33-14-12-31(41(53)54)37(49)23(33)2)44-38(50)26-7-9-29(10-8-26)43-39(51)27(15-17-42)20-35(47)25-5-3-24(4-6-25)19-34(46)28-16-18-55-21-28/h3-14,16,18,21,27,48-49H,15,19-20H2,1-2H3,(H,43,51)(H,44,50)(H,45,52)(H,53,54). The minimum Gasteiger partial charge on any atom is -0.507 e. The molecule has 13 nitrogen and oxygen atoms in total. The van der Waals surface area contributed by atoms with Gasteiger partial charge in [-0.05, 0) is 79.4 Å². The molecule has 0 saturated carbocycles. The summed E-state index contributed by atoms with van der Waals surface area (Å²) in [4.78, 5) is 75.9. The zero-order valence-corrected chi connectivity index (χ0v) is 30.3. The third kappa shape index (κ3) is 9.28. The summed E-state index contributed by atoms with van der Waals surface area (Å²) in [5.41, 5.74) is 2.42. The van der Waals surface area contributed by atoms with Crippen molar-refractivity contribution in [3.05, 3.63) is 134 Å². The van der Waals surface area contributed by atoms with Gasteiger partial charge in [-0.15, -0.1) is 0 Å². The third-order valence-corrected chi connectivity index (χ3v) is 9.56. The van der Waals surface area contributed by atoms with Crippen molar-refractivity contribution in [1.82, 2.24) is 0 Å². The Morgan fingerprint density at radius 2 is 1.27 bits per heavy atom. The lowest BCUT2D eigenvalue weighted by atomic mass is 9.94. The lowest BCUT2D eigenvalue weighted by Crippen LogP contribution is -2.25. The molecule has 0 aliphatic carbocycles. The van der Waals surface area contributed by atoms with Gasteiger partial charge in [-0.25, -0.2) is 4.79 Å². The molecule has 55 heavy (non-hydrogen) atoms. The van der Waals surface area contributed by atoms with E-state index in [-0.39, 0.29) is 70.0 Å². The number of aromatic carboxylic acids is 1. The first-order valence-corrected chi connectivity index (χ1v) is 17.7. The van der Waals surface area contributed by atoms with Crippen LogP contribution in [0, 0.1) is 31.1 Å². The van der Waals surface area contributed by atoms with Crippen molar-refractivity contribution in [2.45, 2.75) is 33.1 Å². The van der Waals surface area contributed by atoms with E-state index in [0.29, 0.717) is 16.8 Å². The molecule has 5 rings (SSSR count). The Morgan fingerprint density at radius 3 is 1.85 bits per heavy atom. The summed E-state index contributed by atoms with van der Waals surface area (Å²) in [6.07, 6.45) is -0.240. The van der Waals surface area contributed by atoms with Crippen LogP contribution in [0.1, 0.15) is 81.3 Å². The van der Waals surface area contributed by atoms with Gasteiger partial charge in [0.05, 0.1) is 17.6 Å². The Bertz CT molecular complexity index is 2350. The summed E-state index contributed by atoms with van der Waals surface area (Å²) in [5.74, 6) is -5.42. The van der Waals surface area contributed by atoms with Crippen LogP contribution in [0.15, 0.2) is 89.6 Å². The maximum Gasteiger partial charge on any atom is 0.339 e. The molecule has 1 aromatic heterocycles. The number of hydrogen-bond acceptors (Lipinski definition) is 10. The number of carboxylic acid groups (broad SMARTS) is 1. The van der Waals surface area contributed by atoms with Gasteiger partial charge in [-0.1, -0.05) is 24.3 Å². The third-order valence-electron chi connectivity index (χ3n) is 8.87. The number of hydrogen-bond donors (Lipinski definition) is 6. The van der Waals surface area contributed by atoms with Crippen molar-refractivity contribution in [2.24, 2.45) is 5.92 Å². The molecule has 1 heterocycles. The number of nitriles is 1. The number of Topliss-reactive ketones (excluding diaryl/α,β-unsaturated/α-hetero) is 2. The lowest BCUT2D eigenvalue weighted by molar-refractivity contribution is -0.119. The van der Waals surface area contributed by atoms with E-state index in [1.807, 2.05) is 11.4 Å². The molecular formula is C41H34N4O9S. The van der Waals surface area contributed by atoms with Crippen LogP contribution < -0.4 is 16.0 Å². The van der Waals surface area contributed by atoms with Gasteiger partial charge < -0.3 is 31.3 Å². The summed E-state index contributed by atoms with van der Waals surface area (Å²) in [5, 5.41) is 51.0. The number of phenolic OH excluding ortho intramolecular Hbond substituents is 1. The molecule has 278 valence electrons. The van der Waals surface area contributed by atoms with Crippen molar-refractivity contribution in [3.8, 4) is 17.6 Å². The number of ketones is 2. The van der Waals surface area contributed by atoms with Crippen LogP contribution in [-0.4, -0.2) is 50.6 Å². The number of aromatic hydroxyl groups is 2. The second kappa shape index (κ2) is 17.1. The molecule has 14 heteroatoms. The Hall–Kier alpha value is -7.11. The van der Waals surface area contributed by atoms with Gasteiger partial charge in [-0.2, -0.15) is 16.6 Å². The zero-order valence-electron chi connectivity index (χ0n) is 29.5. The second-order valence-electron chi connectivity index (χ2n) is 12.5. The Morgan fingerprint density at radius 1 is 0.691 bits per heavy atom. The lowest BCUT2D eigenvalue weighted by Gasteiger charge is -2.15. The molecule has 1 unspecified atom stereocenters. The van der Waals surface area contributed by atoms with E-state index in [1.165, 1.54) is 67.6 Å². The number of carbonyl (C=O) groups is 6.